The van der Waals surface area contributed by atoms with Crippen molar-refractivity contribution >= 4 is 67.9 Å². The van der Waals surface area contributed by atoms with Crippen LogP contribution in [-0.4, -0.2) is 23.9 Å². The summed E-state index contributed by atoms with van der Waals surface area (Å²) in [4.78, 5) is 13.3. The number of aliphatic imine (C=N–C) groups is 2. The second-order valence-electron chi connectivity index (χ2n) is 10.6. The molecule has 0 saturated heterocycles. The Morgan fingerprint density at radius 3 is 1.07 bits per heavy atom. The van der Waals surface area contributed by atoms with E-state index in [-0.39, 0.29) is 0 Å². The maximum absolute atomic E-state index is 5.40. The number of benzene rings is 6. The van der Waals surface area contributed by atoms with Crippen LogP contribution in [0.2, 0.25) is 0 Å². The van der Waals surface area contributed by atoms with E-state index in [1.807, 2.05) is 0 Å². The molecule has 2 nitrogen and oxygen atoms in total. The fourth-order valence-electron chi connectivity index (χ4n) is 6.03. The van der Waals surface area contributed by atoms with Crippen LogP contribution in [0.3, 0.4) is 0 Å². The van der Waals surface area contributed by atoms with Crippen LogP contribution in [0.15, 0.2) is 141 Å². The first-order valence-electron chi connectivity index (χ1n) is 14.0. The van der Waals surface area contributed by atoms with Crippen molar-refractivity contribution in [2.45, 2.75) is 9.79 Å². The van der Waals surface area contributed by atoms with E-state index in [0.717, 1.165) is 56.2 Å². The van der Waals surface area contributed by atoms with Crippen LogP contribution in [0.4, 0.5) is 0 Å². The van der Waals surface area contributed by atoms with Crippen LogP contribution < -0.4 is 0 Å². The van der Waals surface area contributed by atoms with Crippen molar-refractivity contribution in [3.63, 3.8) is 0 Å². The Morgan fingerprint density at radius 1 is 0.405 bits per heavy atom. The van der Waals surface area contributed by atoms with Gasteiger partial charge in [-0.1, -0.05) is 72.8 Å². The molecule has 2 aliphatic heterocycles. The molecule has 0 unspecified atom stereocenters. The van der Waals surface area contributed by atoms with Gasteiger partial charge in [0.25, 0.3) is 0 Å². The number of thioether (sulfide) groups is 2. The summed E-state index contributed by atoms with van der Waals surface area (Å²) < 4.78 is 0. The predicted octanol–water partition coefficient (Wildman–Crippen LogP) is 9.96. The Labute approximate surface area is 253 Å². The second kappa shape index (κ2) is 10.2. The monoisotopic (exact) mass is 574 g/mol. The van der Waals surface area contributed by atoms with Crippen LogP contribution in [0, 0.1) is 0 Å². The van der Waals surface area contributed by atoms with Gasteiger partial charge in [0.05, 0.1) is 22.8 Å². The molecule has 200 valence electrons. The zero-order valence-electron chi connectivity index (χ0n) is 23.3. The molecular weight excluding hydrogens is 549 g/mol. The quantitative estimate of drug-likeness (QED) is 0.196. The molecule has 0 spiro atoms. The predicted molar refractivity (Wildman–Crippen MR) is 182 cm³/mol. The van der Waals surface area contributed by atoms with Gasteiger partial charge in [0.1, 0.15) is 0 Å². The lowest BCUT2D eigenvalue weighted by atomic mass is 9.93. The van der Waals surface area contributed by atoms with Crippen molar-refractivity contribution in [2.24, 2.45) is 9.98 Å². The minimum atomic E-state index is 0.937. The molecule has 0 atom stereocenters. The molecule has 6 aromatic rings. The van der Waals surface area contributed by atoms with E-state index < -0.39 is 0 Å². The van der Waals surface area contributed by atoms with Crippen molar-refractivity contribution in [3.05, 3.63) is 155 Å². The van der Waals surface area contributed by atoms with E-state index in [4.69, 9.17) is 9.98 Å². The van der Waals surface area contributed by atoms with Crippen LogP contribution in [-0.2, 0) is 0 Å². The lowest BCUT2D eigenvalue weighted by Gasteiger charge is -2.09. The Hall–Kier alpha value is -4.38. The molecule has 4 heteroatoms. The van der Waals surface area contributed by atoms with Gasteiger partial charge in [-0.15, -0.1) is 23.5 Å². The van der Waals surface area contributed by atoms with Crippen molar-refractivity contribution < 1.29 is 0 Å². The molecule has 0 amide bonds. The minimum absolute atomic E-state index is 0.937. The fraction of sp³-hybridized carbons (Fsp3) is 0.0526. The standard InChI is InChI=1S/C38H26N2S2/c1-41-29-15-11-23(12-16-29)35-31-19-25-7-3-5-9-27(25)21-33(31)37(39-35)38-34-22-28-10-6-4-8-26(28)20-32(34)36(40-38)24-13-17-30(42-2)18-14-24/h3-22H,1-2H3/b38-37+. The normalized spacial score (nSPS) is 15.6. The van der Waals surface area contributed by atoms with Gasteiger partial charge in [0.15, 0.2) is 0 Å². The Morgan fingerprint density at radius 2 is 0.738 bits per heavy atom. The highest BCUT2D eigenvalue weighted by molar-refractivity contribution is 7.98. The molecule has 0 N–H and O–H groups in total. The maximum Gasteiger partial charge on any atom is 0.0979 e. The highest BCUT2D eigenvalue weighted by atomic mass is 32.2. The lowest BCUT2D eigenvalue weighted by Crippen LogP contribution is -2.00. The molecule has 0 fully saturated rings. The largest absolute Gasteiger partial charge is 0.245 e. The van der Waals surface area contributed by atoms with Crippen LogP contribution in [0.25, 0.3) is 32.9 Å². The molecule has 0 aliphatic carbocycles. The van der Waals surface area contributed by atoms with Gasteiger partial charge >= 0.3 is 0 Å². The number of fused-ring (bicyclic) bond motifs is 4. The van der Waals surface area contributed by atoms with Gasteiger partial charge in [0, 0.05) is 43.2 Å². The molecule has 42 heavy (non-hydrogen) atoms. The van der Waals surface area contributed by atoms with Gasteiger partial charge in [-0.25, -0.2) is 9.98 Å². The van der Waals surface area contributed by atoms with E-state index in [9.17, 15) is 0 Å². The molecule has 6 aromatic carbocycles. The topological polar surface area (TPSA) is 24.7 Å². The number of hydrogen-bond donors (Lipinski definition) is 0. The third-order valence-corrected chi connectivity index (χ3v) is 9.68. The van der Waals surface area contributed by atoms with E-state index in [0.29, 0.717) is 0 Å². The van der Waals surface area contributed by atoms with E-state index in [1.165, 1.54) is 31.3 Å². The third kappa shape index (κ3) is 4.13. The second-order valence-corrected chi connectivity index (χ2v) is 12.3. The molecule has 0 aromatic heterocycles. The molecule has 2 heterocycles. The summed E-state index contributed by atoms with van der Waals surface area (Å²) in [7, 11) is 0. The van der Waals surface area contributed by atoms with Crippen molar-refractivity contribution in [1.29, 1.82) is 0 Å². The maximum atomic E-state index is 5.40. The molecule has 0 radical (unpaired) electrons. The van der Waals surface area contributed by atoms with Crippen molar-refractivity contribution in [1.82, 2.24) is 0 Å². The van der Waals surface area contributed by atoms with Crippen LogP contribution in [0.5, 0.6) is 0 Å². The van der Waals surface area contributed by atoms with Gasteiger partial charge in [-0.2, -0.15) is 0 Å². The van der Waals surface area contributed by atoms with Crippen LogP contribution >= 0.6 is 23.5 Å². The number of rotatable bonds is 4. The van der Waals surface area contributed by atoms with E-state index in [1.54, 1.807) is 23.5 Å². The zero-order valence-corrected chi connectivity index (χ0v) is 24.9. The SMILES string of the molecule is CSc1ccc(C2=N/C(=C3/N=C(c4ccc(SC)cc4)c4cc5ccccc5cc43)c3cc4ccccc4cc32)cc1. The van der Waals surface area contributed by atoms with Gasteiger partial charge in [-0.05, 0) is 82.6 Å². The fourth-order valence-corrected chi connectivity index (χ4v) is 6.84. The molecule has 0 bridgehead atoms. The highest BCUT2D eigenvalue weighted by Gasteiger charge is 2.30. The molecule has 0 saturated carbocycles. The Bertz CT molecular complexity index is 1980. The first kappa shape index (κ1) is 25.3. The molecule has 8 rings (SSSR count). The van der Waals surface area contributed by atoms with Crippen molar-refractivity contribution in [2.75, 3.05) is 12.5 Å². The summed E-state index contributed by atoms with van der Waals surface area (Å²) in [6.07, 6.45) is 4.22. The van der Waals surface area contributed by atoms with E-state index in [2.05, 4.69) is 134 Å². The number of hydrogen-bond acceptors (Lipinski definition) is 4. The van der Waals surface area contributed by atoms with Crippen molar-refractivity contribution in [3.8, 4) is 0 Å². The average Bonchev–Trinajstić information content (AvgIpc) is 3.60. The first-order chi connectivity index (χ1) is 20.7. The summed E-state index contributed by atoms with van der Waals surface area (Å²) in [5.41, 5.74) is 10.7. The van der Waals surface area contributed by atoms with E-state index >= 15 is 0 Å². The third-order valence-electron chi connectivity index (χ3n) is 8.19. The molecular formula is C38H26N2S2. The average molecular weight is 575 g/mol. The smallest absolute Gasteiger partial charge is 0.0979 e. The summed E-state index contributed by atoms with van der Waals surface area (Å²) >= 11 is 3.51. The van der Waals surface area contributed by atoms with Gasteiger partial charge < -0.3 is 0 Å². The zero-order chi connectivity index (χ0) is 28.2. The van der Waals surface area contributed by atoms with Crippen LogP contribution in [0.1, 0.15) is 33.4 Å². The van der Waals surface area contributed by atoms with Gasteiger partial charge in [0.2, 0.25) is 0 Å². The summed E-state index contributed by atoms with van der Waals surface area (Å²) in [6.45, 7) is 0. The molecule has 2 aliphatic rings. The summed E-state index contributed by atoms with van der Waals surface area (Å²) in [5, 5.41) is 4.84. The highest BCUT2D eigenvalue weighted by Crippen LogP contribution is 2.44. The Kier molecular flexibility index (Phi) is 6.13. The van der Waals surface area contributed by atoms with Gasteiger partial charge in [-0.3, -0.25) is 0 Å². The minimum Gasteiger partial charge on any atom is -0.245 e. The summed E-state index contributed by atoms with van der Waals surface area (Å²) in [5.74, 6) is 0. The number of nitrogens with zero attached hydrogens (tertiary/aromatic N) is 2. The lowest BCUT2D eigenvalue weighted by molar-refractivity contribution is 1.44. The Balaban J connectivity index is 1.42. The first-order valence-corrected chi connectivity index (χ1v) is 16.4. The summed E-state index contributed by atoms with van der Waals surface area (Å²) in [6, 6.07) is 43.8.